The number of rotatable bonds is 5. The average Bonchev–Trinajstić information content (AvgIpc) is 2.94. The zero-order valence-corrected chi connectivity index (χ0v) is 12.8. The Morgan fingerprint density at radius 1 is 1.40 bits per heavy atom. The number of hydrogen-bond acceptors (Lipinski definition) is 5. The second kappa shape index (κ2) is 6.50. The van der Waals surface area contributed by atoms with Crippen molar-refractivity contribution in [1.29, 1.82) is 0 Å². The van der Waals surface area contributed by atoms with Crippen molar-refractivity contribution in [3.8, 4) is 0 Å². The third-order valence-electron chi connectivity index (χ3n) is 4.10. The van der Waals surface area contributed by atoms with Gasteiger partial charge >= 0.3 is 0 Å². The first-order chi connectivity index (χ1) is 9.84. The summed E-state index contributed by atoms with van der Waals surface area (Å²) in [5, 5.41) is 5.53. The minimum Gasteiger partial charge on any atom is -0.369 e. The number of likely N-dealkylation sites (tertiary alicyclic amines) is 1. The summed E-state index contributed by atoms with van der Waals surface area (Å²) in [4.78, 5) is 11.2. The molecular formula is C15H22N4S. The van der Waals surface area contributed by atoms with Gasteiger partial charge in [-0.15, -0.1) is 11.3 Å². The quantitative estimate of drug-likeness (QED) is 0.857. The predicted molar refractivity (Wildman–Crippen MR) is 85.4 cm³/mol. The molecule has 2 aromatic heterocycles. The van der Waals surface area contributed by atoms with Gasteiger partial charge in [0.2, 0.25) is 0 Å². The van der Waals surface area contributed by atoms with Crippen molar-refractivity contribution < 1.29 is 0 Å². The second-order valence-electron chi connectivity index (χ2n) is 5.52. The molecule has 0 amide bonds. The third kappa shape index (κ3) is 3.10. The number of nitrogens with one attached hydrogen (secondary N) is 1. The highest BCUT2D eigenvalue weighted by atomic mass is 32.1. The summed E-state index contributed by atoms with van der Waals surface area (Å²) in [7, 11) is 0. The summed E-state index contributed by atoms with van der Waals surface area (Å²) in [6.07, 6.45) is 6.92. The van der Waals surface area contributed by atoms with E-state index in [2.05, 4.69) is 32.5 Å². The number of hydrogen-bond donors (Lipinski definition) is 1. The monoisotopic (exact) mass is 290 g/mol. The lowest BCUT2D eigenvalue weighted by Gasteiger charge is -2.33. The molecule has 1 fully saturated rings. The summed E-state index contributed by atoms with van der Waals surface area (Å²) in [6.45, 7) is 5.79. The van der Waals surface area contributed by atoms with Crippen molar-refractivity contribution in [3.05, 3.63) is 17.8 Å². The topological polar surface area (TPSA) is 41.0 Å². The molecule has 0 bridgehead atoms. The van der Waals surface area contributed by atoms with Crippen LogP contribution in [0.4, 0.5) is 5.82 Å². The van der Waals surface area contributed by atoms with Crippen LogP contribution in [0.3, 0.4) is 0 Å². The zero-order valence-electron chi connectivity index (χ0n) is 12.0. The van der Waals surface area contributed by atoms with Crippen LogP contribution in [-0.2, 0) is 0 Å². The maximum atomic E-state index is 4.35. The standard InChI is InChI=1S/C15H22N4S/c1-12-5-2-3-8-19(12)9-4-7-16-15-14-13(6-10-20-14)17-11-18-15/h6,10-12H,2-5,7-9H2,1H3,(H,16,17,18)/t12-/m0/s1. The fourth-order valence-electron chi connectivity index (χ4n) is 2.89. The number of thiophene rings is 1. The van der Waals surface area contributed by atoms with E-state index in [9.17, 15) is 0 Å². The minimum absolute atomic E-state index is 0.756. The van der Waals surface area contributed by atoms with E-state index in [1.165, 1.54) is 43.5 Å². The average molecular weight is 290 g/mol. The van der Waals surface area contributed by atoms with Crippen molar-refractivity contribution in [2.75, 3.05) is 25.0 Å². The molecule has 20 heavy (non-hydrogen) atoms. The molecular weight excluding hydrogens is 268 g/mol. The highest BCUT2D eigenvalue weighted by Crippen LogP contribution is 2.24. The number of piperidine rings is 1. The molecule has 108 valence electrons. The summed E-state index contributed by atoms with van der Waals surface area (Å²) in [6, 6.07) is 2.80. The molecule has 1 N–H and O–H groups in total. The molecule has 0 radical (unpaired) electrons. The molecule has 3 heterocycles. The van der Waals surface area contributed by atoms with E-state index in [0.717, 1.165) is 23.9 Å². The maximum Gasteiger partial charge on any atom is 0.147 e. The maximum absolute atomic E-state index is 4.35. The van der Waals surface area contributed by atoms with Crippen LogP contribution in [0.1, 0.15) is 32.6 Å². The molecule has 0 spiro atoms. The van der Waals surface area contributed by atoms with Crippen LogP contribution in [0.15, 0.2) is 17.8 Å². The number of aromatic nitrogens is 2. The van der Waals surface area contributed by atoms with Gasteiger partial charge in [0.15, 0.2) is 0 Å². The van der Waals surface area contributed by atoms with Gasteiger partial charge < -0.3 is 10.2 Å². The summed E-state index contributed by atoms with van der Waals surface area (Å²) >= 11 is 1.70. The van der Waals surface area contributed by atoms with Gasteiger partial charge in [-0.1, -0.05) is 6.42 Å². The van der Waals surface area contributed by atoms with Crippen LogP contribution in [-0.4, -0.2) is 40.5 Å². The fourth-order valence-corrected chi connectivity index (χ4v) is 3.70. The van der Waals surface area contributed by atoms with Crippen LogP contribution < -0.4 is 5.32 Å². The van der Waals surface area contributed by atoms with Gasteiger partial charge in [-0.25, -0.2) is 9.97 Å². The van der Waals surface area contributed by atoms with Gasteiger partial charge in [-0.3, -0.25) is 0 Å². The fraction of sp³-hybridized carbons (Fsp3) is 0.600. The Morgan fingerprint density at radius 2 is 2.35 bits per heavy atom. The Labute approximate surface area is 124 Å². The second-order valence-corrected chi connectivity index (χ2v) is 6.43. The van der Waals surface area contributed by atoms with E-state index in [-0.39, 0.29) is 0 Å². The predicted octanol–water partition coefficient (Wildman–Crippen LogP) is 3.37. The Balaban J connectivity index is 1.49. The molecule has 0 saturated carbocycles. The molecule has 2 aromatic rings. The Kier molecular flexibility index (Phi) is 4.47. The van der Waals surface area contributed by atoms with E-state index < -0.39 is 0 Å². The Bertz CT molecular complexity index is 554. The van der Waals surface area contributed by atoms with Gasteiger partial charge in [0, 0.05) is 19.1 Å². The van der Waals surface area contributed by atoms with Crippen LogP contribution >= 0.6 is 11.3 Å². The molecule has 1 aliphatic heterocycles. The first kappa shape index (κ1) is 13.8. The number of fused-ring (bicyclic) bond motifs is 1. The largest absolute Gasteiger partial charge is 0.369 e. The molecule has 5 heteroatoms. The molecule has 1 aliphatic rings. The van der Waals surface area contributed by atoms with Crippen molar-refractivity contribution in [1.82, 2.24) is 14.9 Å². The van der Waals surface area contributed by atoms with Crippen LogP contribution in [0.25, 0.3) is 10.2 Å². The molecule has 3 rings (SSSR count). The number of nitrogens with zero attached hydrogens (tertiary/aromatic N) is 3. The summed E-state index contributed by atoms with van der Waals surface area (Å²) in [5.41, 5.74) is 1.04. The van der Waals surface area contributed by atoms with Crippen molar-refractivity contribution in [3.63, 3.8) is 0 Å². The highest BCUT2D eigenvalue weighted by molar-refractivity contribution is 7.17. The van der Waals surface area contributed by atoms with Crippen molar-refractivity contribution in [2.24, 2.45) is 0 Å². The van der Waals surface area contributed by atoms with E-state index in [1.807, 2.05) is 6.07 Å². The molecule has 0 aliphatic carbocycles. The zero-order chi connectivity index (χ0) is 13.8. The molecule has 0 unspecified atom stereocenters. The van der Waals surface area contributed by atoms with Crippen molar-refractivity contribution in [2.45, 2.75) is 38.6 Å². The third-order valence-corrected chi connectivity index (χ3v) is 5.01. The van der Waals surface area contributed by atoms with Gasteiger partial charge in [-0.2, -0.15) is 0 Å². The van der Waals surface area contributed by atoms with Gasteiger partial charge in [0.1, 0.15) is 12.1 Å². The Hall–Kier alpha value is -1.20. The number of anilines is 1. The summed E-state index contributed by atoms with van der Waals surface area (Å²) < 4.78 is 1.17. The molecule has 1 atom stereocenters. The van der Waals surface area contributed by atoms with Gasteiger partial charge in [-0.05, 0) is 44.2 Å². The lowest BCUT2D eigenvalue weighted by molar-refractivity contribution is 0.160. The van der Waals surface area contributed by atoms with Crippen LogP contribution in [0, 0.1) is 0 Å². The first-order valence-electron chi connectivity index (χ1n) is 7.51. The normalized spacial score (nSPS) is 20.4. The van der Waals surface area contributed by atoms with Gasteiger partial charge in [0.25, 0.3) is 0 Å². The molecule has 0 aromatic carbocycles. The molecule has 4 nitrogen and oxygen atoms in total. The molecule has 1 saturated heterocycles. The van der Waals surface area contributed by atoms with Crippen LogP contribution in [0.2, 0.25) is 0 Å². The first-order valence-corrected chi connectivity index (χ1v) is 8.38. The minimum atomic E-state index is 0.756. The van der Waals surface area contributed by atoms with Gasteiger partial charge in [0.05, 0.1) is 10.2 Å². The lowest BCUT2D eigenvalue weighted by Crippen LogP contribution is -2.38. The van der Waals surface area contributed by atoms with E-state index >= 15 is 0 Å². The Morgan fingerprint density at radius 3 is 3.25 bits per heavy atom. The van der Waals surface area contributed by atoms with Crippen LogP contribution in [0.5, 0.6) is 0 Å². The van der Waals surface area contributed by atoms with E-state index in [4.69, 9.17) is 0 Å². The highest BCUT2D eigenvalue weighted by Gasteiger charge is 2.17. The summed E-state index contributed by atoms with van der Waals surface area (Å²) in [5.74, 6) is 0.983. The van der Waals surface area contributed by atoms with E-state index in [0.29, 0.717) is 0 Å². The van der Waals surface area contributed by atoms with E-state index in [1.54, 1.807) is 17.7 Å². The van der Waals surface area contributed by atoms with Crippen molar-refractivity contribution >= 4 is 27.4 Å². The smallest absolute Gasteiger partial charge is 0.147 e. The lowest BCUT2D eigenvalue weighted by atomic mass is 10.0. The SMILES string of the molecule is C[C@H]1CCCCN1CCCNc1ncnc2ccsc12.